The van der Waals surface area contributed by atoms with Crippen molar-refractivity contribution in [1.82, 2.24) is 0 Å². The van der Waals surface area contributed by atoms with Crippen molar-refractivity contribution < 1.29 is 23.8 Å². The van der Waals surface area contributed by atoms with Gasteiger partial charge in [-0.25, -0.2) is 14.0 Å². The van der Waals surface area contributed by atoms with E-state index in [-0.39, 0.29) is 23.8 Å². The lowest BCUT2D eigenvalue weighted by Gasteiger charge is -2.15. The Labute approximate surface area is 170 Å². The Kier molecular flexibility index (Phi) is 4.94. The summed E-state index contributed by atoms with van der Waals surface area (Å²) in [4.78, 5) is 23.4. The van der Waals surface area contributed by atoms with Gasteiger partial charge in [0.25, 0.3) is 0 Å². The van der Waals surface area contributed by atoms with Gasteiger partial charge in [-0.2, -0.15) is 0 Å². The van der Waals surface area contributed by atoms with Crippen LogP contribution < -0.4 is 5.32 Å². The van der Waals surface area contributed by atoms with Crippen molar-refractivity contribution in [3.8, 4) is 11.1 Å². The number of carbonyl (C=O) groups is 2. The summed E-state index contributed by atoms with van der Waals surface area (Å²) in [6, 6.07) is 17.7. The van der Waals surface area contributed by atoms with Gasteiger partial charge in [0.1, 0.15) is 6.61 Å². The molecule has 5 nitrogen and oxygen atoms in total. The first-order valence-corrected chi connectivity index (χ1v) is 9.18. The van der Waals surface area contributed by atoms with Crippen LogP contribution in [0, 0.1) is 5.82 Å². The Morgan fingerprint density at radius 3 is 2.21 bits per heavy atom. The summed E-state index contributed by atoms with van der Waals surface area (Å²) < 4.78 is 19.5. The van der Waals surface area contributed by atoms with Crippen LogP contribution >= 0.6 is 11.6 Å². The van der Waals surface area contributed by atoms with Crippen molar-refractivity contribution in [2.45, 2.75) is 5.92 Å². The summed E-state index contributed by atoms with van der Waals surface area (Å²) in [6.45, 7) is 0.0494. The topological polar surface area (TPSA) is 75.6 Å². The Hall–Kier alpha value is -3.38. The van der Waals surface area contributed by atoms with Crippen molar-refractivity contribution in [3.63, 3.8) is 0 Å². The number of halogens is 2. The number of carbonyl (C=O) groups excluding carboxylic acids is 1. The molecule has 3 aromatic carbocycles. The number of ether oxygens (including phenoxy) is 1. The van der Waals surface area contributed by atoms with Crippen LogP contribution in [0.25, 0.3) is 11.1 Å². The Bertz CT molecular complexity index is 1090. The monoisotopic (exact) mass is 411 g/mol. The van der Waals surface area contributed by atoms with E-state index in [9.17, 15) is 14.0 Å². The van der Waals surface area contributed by atoms with E-state index in [0.29, 0.717) is 0 Å². The molecular weight excluding hydrogens is 397 g/mol. The van der Waals surface area contributed by atoms with Crippen LogP contribution in [0.5, 0.6) is 0 Å². The molecule has 4 rings (SSSR count). The first-order chi connectivity index (χ1) is 14.0. The molecule has 29 heavy (non-hydrogen) atoms. The fourth-order valence-electron chi connectivity index (χ4n) is 3.55. The maximum atomic E-state index is 14.1. The molecule has 1 aliphatic rings. The van der Waals surface area contributed by atoms with E-state index in [1.54, 1.807) is 0 Å². The average molecular weight is 412 g/mol. The summed E-state index contributed by atoms with van der Waals surface area (Å²) in [5, 5.41) is 10.9. The lowest BCUT2D eigenvalue weighted by atomic mass is 9.98. The standard InChI is InChI=1S/C22H15ClFNO4/c23-18-9-12(21(26)27)10-19(20(18)24)25-22(28)29-11-17-15-7-3-1-5-13(15)14-6-2-4-8-16(14)17/h1-10,17H,11H2,(H,25,28)(H,26,27). The largest absolute Gasteiger partial charge is 0.478 e. The molecule has 0 unspecified atom stereocenters. The van der Waals surface area contributed by atoms with E-state index in [0.717, 1.165) is 34.4 Å². The van der Waals surface area contributed by atoms with Gasteiger partial charge in [-0.05, 0) is 34.4 Å². The summed E-state index contributed by atoms with van der Waals surface area (Å²) in [6.07, 6.45) is -0.899. The number of aromatic carboxylic acids is 1. The van der Waals surface area contributed by atoms with Crippen molar-refractivity contribution in [2.24, 2.45) is 0 Å². The van der Waals surface area contributed by atoms with Gasteiger partial charge in [0.15, 0.2) is 5.82 Å². The van der Waals surface area contributed by atoms with E-state index in [2.05, 4.69) is 5.32 Å². The third-order valence-corrected chi connectivity index (χ3v) is 5.13. The Morgan fingerprint density at radius 1 is 1.03 bits per heavy atom. The predicted molar refractivity (Wildman–Crippen MR) is 107 cm³/mol. The SMILES string of the molecule is O=C(Nc1cc(C(=O)O)cc(Cl)c1F)OCC1c2ccccc2-c2ccccc21. The molecule has 0 atom stereocenters. The molecule has 0 fully saturated rings. The van der Waals surface area contributed by atoms with Crippen LogP contribution in [-0.4, -0.2) is 23.8 Å². The van der Waals surface area contributed by atoms with Crippen LogP contribution in [0.2, 0.25) is 5.02 Å². The van der Waals surface area contributed by atoms with Gasteiger partial charge in [0, 0.05) is 5.92 Å². The van der Waals surface area contributed by atoms with Gasteiger partial charge in [-0.1, -0.05) is 60.1 Å². The molecule has 0 bridgehead atoms. The summed E-state index contributed by atoms with van der Waals surface area (Å²) in [5.74, 6) is -2.36. The molecule has 2 N–H and O–H groups in total. The molecule has 1 amide bonds. The molecular formula is C22H15ClFNO4. The quantitative estimate of drug-likeness (QED) is 0.591. The van der Waals surface area contributed by atoms with Crippen molar-refractivity contribution >= 4 is 29.4 Å². The van der Waals surface area contributed by atoms with Gasteiger partial charge in [-0.3, -0.25) is 5.32 Å². The fourth-order valence-corrected chi connectivity index (χ4v) is 3.77. The molecule has 146 valence electrons. The number of rotatable bonds is 4. The Morgan fingerprint density at radius 2 is 1.62 bits per heavy atom. The molecule has 0 radical (unpaired) electrons. The number of amides is 1. The normalized spacial score (nSPS) is 12.2. The second-order valence-corrected chi connectivity index (χ2v) is 6.98. The average Bonchev–Trinajstić information content (AvgIpc) is 3.03. The second kappa shape index (κ2) is 7.56. The van der Waals surface area contributed by atoms with Gasteiger partial charge in [0.2, 0.25) is 0 Å². The van der Waals surface area contributed by atoms with Gasteiger partial charge in [0.05, 0.1) is 16.3 Å². The molecule has 0 saturated carbocycles. The van der Waals surface area contributed by atoms with Gasteiger partial charge >= 0.3 is 12.1 Å². The summed E-state index contributed by atoms with van der Waals surface area (Å²) >= 11 is 5.71. The highest BCUT2D eigenvalue weighted by Crippen LogP contribution is 2.44. The molecule has 7 heteroatoms. The van der Waals surface area contributed by atoms with Crippen molar-refractivity contribution in [1.29, 1.82) is 0 Å². The van der Waals surface area contributed by atoms with E-state index in [1.165, 1.54) is 0 Å². The minimum Gasteiger partial charge on any atom is -0.478 e. The molecule has 0 heterocycles. The molecule has 3 aromatic rings. The maximum absolute atomic E-state index is 14.1. The van der Waals surface area contributed by atoms with E-state index >= 15 is 0 Å². The number of benzene rings is 3. The van der Waals surface area contributed by atoms with Crippen LogP contribution in [-0.2, 0) is 4.74 Å². The second-order valence-electron chi connectivity index (χ2n) is 6.58. The highest BCUT2D eigenvalue weighted by Gasteiger charge is 2.29. The minimum absolute atomic E-state index is 0.0494. The number of nitrogens with one attached hydrogen (secondary N) is 1. The van der Waals surface area contributed by atoms with Crippen molar-refractivity contribution in [3.05, 3.63) is 88.2 Å². The zero-order valence-corrected chi connectivity index (χ0v) is 15.7. The lowest BCUT2D eigenvalue weighted by Crippen LogP contribution is -2.19. The maximum Gasteiger partial charge on any atom is 0.411 e. The van der Waals surface area contributed by atoms with E-state index in [1.807, 2.05) is 48.5 Å². The van der Waals surface area contributed by atoms with E-state index < -0.39 is 22.9 Å². The zero-order chi connectivity index (χ0) is 20.5. The Balaban J connectivity index is 1.52. The number of carboxylic acid groups (broad SMARTS) is 1. The molecule has 0 spiro atoms. The molecule has 0 aliphatic heterocycles. The third kappa shape index (κ3) is 3.54. The minimum atomic E-state index is -1.29. The van der Waals surface area contributed by atoms with Crippen LogP contribution in [0.1, 0.15) is 27.4 Å². The van der Waals surface area contributed by atoms with Crippen molar-refractivity contribution in [2.75, 3.05) is 11.9 Å². The summed E-state index contributed by atoms with van der Waals surface area (Å²) in [7, 11) is 0. The highest BCUT2D eigenvalue weighted by molar-refractivity contribution is 6.31. The zero-order valence-electron chi connectivity index (χ0n) is 15.0. The lowest BCUT2D eigenvalue weighted by molar-refractivity contribution is 0.0696. The van der Waals surface area contributed by atoms with E-state index in [4.69, 9.17) is 21.4 Å². The van der Waals surface area contributed by atoms with Crippen LogP contribution in [0.15, 0.2) is 60.7 Å². The molecule has 1 aliphatic carbocycles. The number of carboxylic acids is 1. The first-order valence-electron chi connectivity index (χ1n) is 8.80. The van der Waals surface area contributed by atoms with Crippen LogP contribution in [0.3, 0.4) is 0 Å². The highest BCUT2D eigenvalue weighted by atomic mass is 35.5. The number of anilines is 1. The van der Waals surface area contributed by atoms with Crippen LogP contribution in [0.4, 0.5) is 14.9 Å². The predicted octanol–water partition coefficient (Wildman–Crippen LogP) is 5.54. The van der Waals surface area contributed by atoms with Gasteiger partial charge in [-0.15, -0.1) is 0 Å². The number of hydrogen-bond donors (Lipinski definition) is 2. The number of fused-ring (bicyclic) bond motifs is 3. The molecule has 0 aromatic heterocycles. The fraction of sp³-hybridized carbons (Fsp3) is 0.0909. The molecule has 0 saturated heterocycles. The number of hydrogen-bond acceptors (Lipinski definition) is 3. The smallest absolute Gasteiger partial charge is 0.411 e. The first kappa shape index (κ1) is 19.0. The summed E-state index contributed by atoms with van der Waals surface area (Å²) in [5.41, 5.74) is 3.66. The third-order valence-electron chi connectivity index (χ3n) is 4.86. The van der Waals surface area contributed by atoms with Gasteiger partial charge < -0.3 is 9.84 Å².